The van der Waals surface area contributed by atoms with E-state index in [0.29, 0.717) is 29.0 Å². The monoisotopic (exact) mass is 374 g/mol. The molecule has 0 bridgehead atoms. The molecule has 0 aliphatic carbocycles. The molecule has 0 saturated heterocycles. The van der Waals surface area contributed by atoms with Crippen molar-refractivity contribution in [2.75, 3.05) is 0 Å². The van der Waals surface area contributed by atoms with E-state index in [0.717, 1.165) is 16.8 Å². The number of pyridine rings is 2. The van der Waals surface area contributed by atoms with Crippen molar-refractivity contribution < 1.29 is 4.39 Å². The van der Waals surface area contributed by atoms with Crippen LogP contribution in [-0.2, 0) is 6.54 Å². The summed E-state index contributed by atoms with van der Waals surface area (Å²) >= 11 is 0. The number of aromatic nitrogens is 4. The van der Waals surface area contributed by atoms with Crippen molar-refractivity contribution in [2.24, 2.45) is 0 Å². The van der Waals surface area contributed by atoms with Crippen molar-refractivity contribution in [1.82, 2.24) is 19.5 Å². The summed E-state index contributed by atoms with van der Waals surface area (Å²) in [7, 11) is 0. The fourth-order valence-corrected chi connectivity index (χ4v) is 3.42. The van der Waals surface area contributed by atoms with Gasteiger partial charge in [-0.15, -0.1) is 0 Å². The van der Waals surface area contributed by atoms with Gasteiger partial charge in [-0.1, -0.05) is 18.2 Å². The highest BCUT2D eigenvalue weighted by atomic mass is 19.1. The highest BCUT2D eigenvalue weighted by Gasteiger charge is 2.16. The Labute approximate surface area is 161 Å². The van der Waals surface area contributed by atoms with Crippen LogP contribution in [0.15, 0.2) is 53.6 Å². The van der Waals surface area contributed by atoms with Crippen LogP contribution in [0.2, 0.25) is 0 Å². The Kier molecular flexibility index (Phi) is 4.47. The van der Waals surface area contributed by atoms with E-state index < -0.39 is 5.82 Å². The van der Waals surface area contributed by atoms with Crippen molar-refractivity contribution >= 4 is 11.0 Å². The molecular weight excluding hydrogens is 355 g/mol. The van der Waals surface area contributed by atoms with Crippen LogP contribution in [0.4, 0.5) is 4.39 Å². The Bertz CT molecular complexity index is 1260. The molecule has 140 valence electrons. The fourth-order valence-electron chi connectivity index (χ4n) is 3.42. The van der Waals surface area contributed by atoms with Crippen LogP contribution in [0.1, 0.15) is 18.4 Å². The smallest absolute Gasteiger partial charge is 0.260 e. The van der Waals surface area contributed by atoms with Gasteiger partial charge in [-0.25, -0.2) is 14.4 Å². The van der Waals surface area contributed by atoms with Gasteiger partial charge in [0.25, 0.3) is 5.56 Å². The number of nitrogens with zero attached hydrogens (tertiary/aromatic N) is 4. The average molecular weight is 374 g/mol. The lowest BCUT2D eigenvalue weighted by Crippen LogP contribution is -2.22. The summed E-state index contributed by atoms with van der Waals surface area (Å²) in [6.45, 7) is 5.96. The third-order valence-electron chi connectivity index (χ3n) is 4.84. The van der Waals surface area contributed by atoms with Gasteiger partial charge in [0, 0.05) is 41.1 Å². The molecule has 5 nitrogen and oxygen atoms in total. The second-order valence-corrected chi connectivity index (χ2v) is 6.63. The van der Waals surface area contributed by atoms with Crippen LogP contribution in [0.3, 0.4) is 0 Å². The average Bonchev–Trinajstić information content (AvgIpc) is 2.68. The maximum absolute atomic E-state index is 15.0. The Morgan fingerprint density at radius 1 is 1.04 bits per heavy atom. The van der Waals surface area contributed by atoms with Crippen LogP contribution < -0.4 is 5.56 Å². The van der Waals surface area contributed by atoms with Crippen LogP contribution in [0.25, 0.3) is 33.3 Å². The zero-order valence-corrected chi connectivity index (χ0v) is 15.9. The molecule has 0 aliphatic heterocycles. The number of benzene rings is 1. The molecule has 0 unspecified atom stereocenters. The molecule has 0 radical (unpaired) electrons. The van der Waals surface area contributed by atoms with Gasteiger partial charge in [0.05, 0.1) is 5.56 Å². The fraction of sp³-hybridized carbons (Fsp3) is 0.182. The first-order valence-corrected chi connectivity index (χ1v) is 9.08. The second-order valence-electron chi connectivity index (χ2n) is 6.63. The summed E-state index contributed by atoms with van der Waals surface area (Å²) in [6, 6.07) is 10.3. The Balaban J connectivity index is 1.91. The Hall–Kier alpha value is -3.41. The van der Waals surface area contributed by atoms with E-state index >= 15 is 4.39 Å². The maximum atomic E-state index is 15.0. The van der Waals surface area contributed by atoms with Crippen LogP contribution >= 0.6 is 0 Å². The molecule has 1 aromatic carbocycles. The summed E-state index contributed by atoms with van der Waals surface area (Å²) < 4.78 is 16.6. The highest BCUT2D eigenvalue weighted by molar-refractivity contribution is 5.81. The Morgan fingerprint density at radius 3 is 2.57 bits per heavy atom. The SMILES string of the molecule is CCn1c(=O)c(-c2ccc(-c3cccnc3C)cc2F)cc2cnc(C)nc21. The first kappa shape index (κ1) is 18.0. The minimum absolute atomic E-state index is 0.264. The Morgan fingerprint density at radius 2 is 1.86 bits per heavy atom. The third kappa shape index (κ3) is 2.97. The number of aryl methyl sites for hydroxylation is 3. The molecule has 0 aliphatic rings. The van der Waals surface area contributed by atoms with E-state index in [1.54, 1.807) is 36.0 Å². The normalized spacial score (nSPS) is 11.1. The topological polar surface area (TPSA) is 60.7 Å². The van der Waals surface area contributed by atoms with Crippen molar-refractivity contribution in [2.45, 2.75) is 27.3 Å². The number of halogens is 1. The first-order valence-electron chi connectivity index (χ1n) is 9.08. The lowest BCUT2D eigenvalue weighted by Gasteiger charge is -2.12. The minimum Gasteiger partial charge on any atom is -0.292 e. The van der Waals surface area contributed by atoms with E-state index in [1.165, 1.54) is 6.07 Å². The summed E-state index contributed by atoms with van der Waals surface area (Å²) in [5, 5.41) is 0.702. The number of rotatable bonds is 3. The minimum atomic E-state index is -0.451. The second kappa shape index (κ2) is 6.96. The molecule has 4 rings (SSSR count). The molecule has 0 fully saturated rings. The molecule has 0 N–H and O–H groups in total. The molecule has 4 aromatic rings. The summed E-state index contributed by atoms with van der Waals surface area (Å²) in [4.78, 5) is 25.9. The van der Waals surface area contributed by atoms with Gasteiger partial charge >= 0.3 is 0 Å². The van der Waals surface area contributed by atoms with E-state index in [-0.39, 0.29) is 11.1 Å². The van der Waals surface area contributed by atoms with Crippen LogP contribution in [0.5, 0.6) is 0 Å². The zero-order valence-electron chi connectivity index (χ0n) is 15.9. The van der Waals surface area contributed by atoms with Gasteiger partial charge in [-0.3, -0.25) is 14.3 Å². The molecular formula is C22H19FN4O. The van der Waals surface area contributed by atoms with Gasteiger partial charge < -0.3 is 0 Å². The quantitative estimate of drug-likeness (QED) is 0.537. The van der Waals surface area contributed by atoms with Crippen molar-refractivity contribution in [1.29, 1.82) is 0 Å². The molecule has 28 heavy (non-hydrogen) atoms. The largest absolute Gasteiger partial charge is 0.292 e. The number of fused-ring (bicyclic) bond motifs is 1. The molecule has 6 heteroatoms. The third-order valence-corrected chi connectivity index (χ3v) is 4.84. The standard InChI is InChI=1S/C22H19FN4O/c1-4-27-21-16(12-25-14(3)26-21)10-19(22(27)28)18-8-7-15(11-20(18)23)17-6-5-9-24-13(17)2/h5-12H,4H2,1-3H3. The van der Waals surface area contributed by atoms with E-state index in [1.807, 2.05) is 32.0 Å². The van der Waals surface area contributed by atoms with E-state index in [4.69, 9.17) is 0 Å². The predicted molar refractivity (Wildman–Crippen MR) is 108 cm³/mol. The molecule has 3 aromatic heterocycles. The highest BCUT2D eigenvalue weighted by Crippen LogP contribution is 2.28. The van der Waals surface area contributed by atoms with Crippen LogP contribution in [0, 0.1) is 19.7 Å². The number of hydrogen-bond donors (Lipinski definition) is 0. The lowest BCUT2D eigenvalue weighted by molar-refractivity contribution is 0.631. The number of hydrogen-bond acceptors (Lipinski definition) is 4. The van der Waals surface area contributed by atoms with Gasteiger partial charge in [0.15, 0.2) is 0 Å². The molecule has 3 heterocycles. The zero-order chi connectivity index (χ0) is 19.8. The van der Waals surface area contributed by atoms with Gasteiger partial charge in [-0.2, -0.15) is 0 Å². The van der Waals surface area contributed by atoms with E-state index in [9.17, 15) is 4.79 Å². The first-order chi connectivity index (χ1) is 13.5. The summed E-state index contributed by atoms with van der Waals surface area (Å²) in [6.07, 6.45) is 3.37. The van der Waals surface area contributed by atoms with Crippen molar-refractivity contribution in [3.05, 3.63) is 76.5 Å². The maximum Gasteiger partial charge on any atom is 0.260 e. The molecule has 0 atom stereocenters. The molecule has 0 spiro atoms. The van der Waals surface area contributed by atoms with E-state index in [2.05, 4.69) is 15.0 Å². The van der Waals surface area contributed by atoms with Gasteiger partial charge in [0.1, 0.15) is 17.3 Å². The summed E-state index contributed by atoms with van der Waals surface area (Å²) in [5.74, 6) is 0.136. The predicted octanol–water partition coefficient (Wildman–Crippen LogP) is 4.30. The molecule has 0 saturated carbocycles. The van der Waals surface area contributed by atoms with Gasteiger partial charge in [-0.05, 0) is 44.5 Å². The van der Waals surface area contributed by atoms with Crippen molar-refractivity contribution in [3.63, 3.8) is 0 Å². The lowest BCUT2D eigenvalue weighted by atomic mass is 9.99. The summed E-state index contributed by atoms with van der Waals surface area (Å²) in [5.41, 5.74) is 3.27. The van der Waals surface area contributed by atoms with Gasteiger partial charge in [0.2, 0.25) is 0 Å². The van der Waals surface area contributed by atoms with Crippen molar-refractivity contribution in [3.8, 4) is 22.3 Å². The van der Waals surface area contributed by atoms with Crippen LogP contribution in [-0.4, -0.2) is 19.5 Å². The molecule has 0 amide bonds.